The zero-order chi connectivity index (χ0) is 51.1. The molecule has 1 N–H and O–H groups in total. The molecule has 0 aliphatic carbocycles. The van der Waals surface area contributed by atoms with Crippen molar-refractivity contribution in [1.29, 1.82) is 0 Å². The second kappa shape index (κ2) is 22.3. The lowest BCUT2D eigenvalue weighted by atomic mass is 9.97. The van der Waals surface area contributed by atoms with Crippen molar-refractivity contribution >= 4 is 20.0 Å². The van der Waals surface area contributed by atoms with Crippen molar-refractivity contribution in [1.82, 2.24) is 28.2 Å². The van der Waals surface area contributed by atoms with Gasteiger partial charge in [0, 0.05) is 57.5 Å². The lowest BCUT2D eigenvalue weighted by Gasteiger charge is -2.40. The minimum Gasteiger partial charge on any atom is -0.497 e. The van der Waals surface area contributed by atoms with Crippen LogP contribution in [0.25, 0.3) is 0 Å². The predicted molar refractivity (Wildman–Crippen MR) is 264 cm³/mol. The molecule has 0 spiro atoms. The average molecular weight is 1020 g/mol. The van der Waals surface area contributed by atoms with E-state index in [1.54, 1.807) is 75.2 Å². The van der Waals surface area contributed by atoms with Crippen molar-refractivity contribution in [3.8, 4) is 23.0 Å². The summed E-state index contributed by atoms with van der Waals surface area (Å²) in [6, 6.07) is 32.1. The van der Waals surface area contributed by atoms with Gasteiger partial charge in [-0.25, -0.2) is 16.8 Å². The summed E-state index contributed by atoms with van der Waals surface area (Å²) in [5.41, 5.74) is 2.44. The van der Waals surface area contributed by atoms with Crippen molar-refractivity contribution in [3.63, 3.8) is 0 Å². The summed E-state index contributed by atoms with van der Waals surface area (Å²) < 4.78 is 99.2. The summed E-state index contributed by atoms with van der Waals surface area (Å²) in [4.78, 5) is 0. The maximum atomic E-state index is 14.0. The maximum Gasteiger partial charge on any atom is 0.263 e. The molecule has 0 bridgehead atoms. The van der Waals surface area contributed by atoms with Gasteiger partial charge in [-0.1, -0.05) is 48.5 Å². The van der Waals surface area contributed by atoms with E-state index in [9.17, 15) is 21.9 Å². The lowest BCUT2D eigenvalue weighted by Crippen LogP contribution is -2.49. The SMILES string of the molecule is COc1ccc(CN(Cc2ccc(OC)cc2)S(=O)(=O)c2cc(C3(O)COC3)n(C(C)C)n2)cc1.COc1ccc(CN(Cc2ccc(OC)cc2)S(=O)(=O)c2cc(C3(OC)COC3)n(C(C)C)n2)cc1. The Morgan fingerprint density at radius 2 is 0.817 bits per heavy atom. The van der Waals surface area contributed by atoms with E-state index in [4.69, 9.17) is 33.2 Å². The van der Waals surface area contributed by atoms with Crippen LogP contribution in [-0.2, 0) is 71.6 Å². The first-order chi connectivity index (χ1) is 33.9. The molecule has 18 nitrogen and oxygen atoms in total. The van der Waals surface area contributed by atoms with Crippen LogP contribution in [0.15, 0.2) is 119 Å². The number of benzene rings is 4. The predicted octanol–water partition coefficient (Wildman–Crippen LogP) is 6.83. The van der Waals surface area contributed by atoms with Gasteiger partial charge in [0.25, 0.3) is 20.0 Å². The van der Waals surface area contributed by atoms with E-state index in [0.717, 1.165) is 22.3 Å². The zero-order valence-corrected chi connectivity index (χ0v) is 43.3. The molecule has 71 heavy (non-hydrogen) atoms. The first-order valence-electron chi connectivity index (χ1n) is 23.0. The normalized spacial score (nSPS) is 15.2. The van der Waals surface area contributed by atoms with E-state index < -0.39 is 31.2 Å². The summed E-state index contributed by atoms with van der Waals surface area (Å²) in [6.07, 6.45) is 0. The molecule has 0 radical (unpaired) electrons. The fraction of sp³-hybridized carbons (Fsp3) is 0.412. The summed E-state index contributed by atoms with van der Waals surface area (Å²) in [6.45, 7) is 9.21. The van der Waals surface area contributed by atoms with Crippen LogP contribution in [0.1, 0.15) is 73.4 Å². The number of hydrogen-bond donors (Lipinski definition) is 1. The van der Waals surface area contributed by atoms with E-state index in [2.05, 4.69) is 10.2 Å². The van der Waals surface area contributed by atoms with E-state index in [1.165, 1.54) is 14.7 Å². The van der Waals surface area contributed by atoms with Crippen LogP contribution in [0.3, 0.4) is 0 Å². The smallest absolute Gasteiger partial charge is 0.263 e. The van der Waals surface area contributed by atoms with Gasteiger partial charge >= 0.3 is 0 Å². The van der Waals surface area contributed by atoms with E-state index in [-0.39, 0.29) is 61.5 Å². The molecule has 0 atom stereocenters. The molecule has 2 aliphatic heterocycles. The van der Waals surface area contributed by atoms with Gasteiger partial charge in [0.05, 0.1) is 66.3 Å². The number of aromatic nitrogens is 4. The molecular weight excluding hydrogens is 953 g/mol. The van der Waals surface area contributed by atoms with Gasteiger partial charge in [0.2, 0.25) is 0 Å². The Labute approximate surface area is 416 Å². The Balaban J connectivity index is 0.000000209. The Morgan fingerprint density at radius 3 is 1.06 bits per heavy atom. The fourth-order valence-corrected chi connectivity index (χ4v) is 10.7. The Hall–Kier alpha value is -5.84. The van der Waals surface area contributed by atoms with Crippen molar-refractivity contribution in [3.05, 3.63) is 143 Å². The molecule has 0 saturated carbocycles. The van der Waals surface area contributed by atoms with Crippen LogP contribution in [0, 0.1) is 0 Å². The first-order valence-corrected chi connectivity index (χ1v) is 25.9. The summed E-state index contributed by atoms with van der Waals surface area (Å²) in [5, 5.41) is 19.7. The third kappa shape index (κ3) is 11.8. The first kappa shape index (κ1) is 53.0. The highest BCUT2D eigenvalue weighted by Gasteiger charge is 2.46. The monoisotopic (exact) mass is 1020 g/mol. The molecule has 8 rings (SSSR count). The molecular formula is C51H64N6O12S2. The van der Waals surface area contributed by atoms with Gasteiger partial charge in [-0.05, 0) is 98.5 Å². The van der Waals surface area contributed by atoms with Gasteiger partial charge in [-0.3, -0.25) is 9.36 Å². The molecule has 0 unspecified atom stereocenters. The van der Waals surface area contributed by atoms with Gasteiger partial charge in [-0.2, -0.15) is 18.8 Å². The molecule has 2 aromatic heterocycles. The van der Waals surface area contributed by atoms with Crippen LogP contribution in [0.4, 0.5) is 0 Å². The average Bonchev–Trinajstić information content (AvgIpc) is 4.02. The summed E-state index contributed by atoms with van der Waals surface area (Å²) in [7, 11) is -0.0349. The van der Waals surface area contributed by atoms with Crippen LogP contribution < -0.4 is 18.9 Å². The van der Waals surface area contributed by atoms with Gasteiger partial charge in [0.1, 0.15) is 23.0 Å². The van der Waals surface area contributed by atoms with Crippen molar-refractivity contribution in [2.45, 2.75) is 87.2 Å². The zero-order valence-electron chi connectivity index (χ0n) is 41.6. The number of sulfonamides is 2. The van der Waals surface area contributed by atoms with E-state index in [0.29, 0.717) is 47.6 Å². The minimum atomic E-state index is -4.02. The van der Waals surface area contributed by atoms with Crippen molar-refractivity contribution in [2.75, 3.05) is 62.0 Å². The highest BCUT2D eigenvalue weighted by atomic mass is 32.2. The molecule has 2 aliphatic rings. The molecule has 2 fully saturated rings. The summed E-state index contributed by atoms with van der Waals surface area (Å²) in [5.74, 6) is 2.79. The number of rotatable bonds is 21. The number of aliphatic hydroxyl groups is 1. The fourth-order valence-electron chi connectivity index (χ4n) is 8.03. The lowest BCUT2D eigenvalue weighted by molar-refractivity contribution is -0.206. The number of methoxy groups -OCH3 is 5. The molecule has 20 heteroatoms. The largest absolute Gasteiger partial charge is 0.497 e. The molecule has 2 saturated heterocycles. The molecule has 4 aromatic carbocycles. The molecule has 6 aromatic rings. The van der Waals surface area contributed by atoms with Crippen LogP contribution in [0.2, 0.25) is 0 Å². The topological polar surface area (TPSA) is 195 Å². The second-order valence-corrected chi connectivity index (χ2v) is 21.7. The summed E-state index contributed by atoms with van der Waals surface area (Å²) >= 11 is 0. The quantitative estimate of drug-likeness (QED) is 0.0788. The third-order valence-electron chi connectivity index (χ3n) is 12.4. The maximum absolute atomic E-state index is 14.0. The van der Waals surface area contributed by atoms with Gasteiger partial charge in [0.15, 0.2) is 21.3 Å². The van der Waals surface area contributed by atoms with Crippen molar-refractivity contribution in [2.24, 2.45) is 0 Å². The standard InChI is InChI=1S/C26H33N3O6S.C25H31N3O6S/c1-19(2)29-24(26(34-5)17-35-18-26)14-25(27-29)36(30,31)28(15-20-6-10-22(32-3)11-7-20)16-21-8-12-23(33-4)13-9-21;1-18(2)28-23(25(29)16-34-17-25)13-24(26-28)35(30,31)27(14-19-5-9-21(32-3)10-6-19)15-20-7-11-22(33-4)12-8-20/h6-14,19H,15-18H2,1-5H3;5-13,18,29H,14-17H2,1-4H3. The number of nitrogens with zero attached hydrogens (tertiary/aromatic N) is 6. The Morgan fingerprint density at radius 1 is 0.521 bits per heavy atom. The van der Waals surface area contributed by atoms with Crippen LogP contribution >= 0.6 is 0 Å². The second-order valence-electron chi connectivity index (χ2n) is 18.0. The van der Waals surface area contributed by atoms with Gasteiger partial charge < -0.3 is 38.3 Å². The molecule has 382 valence electrons. The van der Waals surface area contributed by atoms with Crippen molar-refractivity contribution < 1.29 is 55.1 Å². The highest BCUT2D eigenvalue weighted by Crippen LogP contribution is 2.37. The van der Waals surface area contributed by atoms with Gasteiger partial charge in [-0.15, -0.1) is 0 Å². The Kier molecular flexibility index (Phi) is 16.6. The minimum absolute atomic E-state index is 0.0171. The van der Waals surface area contributed by atoms with Crippen LogP contribution in [0.5, 0.6) is 23.0 Å². The molecule has 4 heterocycles. The molecule has 0 amide bonds. The van der Waals surface area contributed by atoms with E-state index in [1.807, 2.05) is 100 Å². The highest BCUT2D eigenvalue weighted by molar-refractivity contribution is 7.89. The van der Waals surface area contributed by atoms with Crippen LogP contribution in [-0.4, -0.2) is 112 Å². The van der Waals surface area contributed by atoms with E-state index >= 15 is 0 Å². The number of hydrogen-bond acceptors (Lipinski definition) is 14. The Bertz CT molecular complexity index is 2810. The third-order valence-corrected chi connectivity index (χ3v) is 15.7. The number of ether oxygens (including phenoxy) is 7.